The van der Waals surface area contributed by atoms with E-state index >= 15 is 0 Å². The number of ether oxygens (including phenoxy) is 1. The molecule has 0 atom stereocenters. The van der Waals surface area contributed by atoms with Gasteiger partial charge in [0.25, 0.3) is 0 Å². The first-order chi connectivity index (χ1) is 7.27. The van der Waals surface area contributed by atoms with Crippen molar-refractivity contribution in [2.24, 2.45) is 23.7 Å². The van der Waals surface area contributed by atoms with Crippen LogP contribution < -0.4 is 0 Å². The third kappa shape index (κ3) is 2.96. The summed E-state index contributed by atoms with van der Waals surface area (Å²) < 4.78 is 5.45. The first-order valence-electron chi connectivity index (χ1n) is 6.85. The normalized spacial score (nSPS) is 34.6. The molecule has 2 aliphatic rings. The highest BCUT2D eigenvalue weighted by molar-refractivity contribution is 4.80. The van der Waals surface area contributed by atoms with E-state index in [2.05, 4.69) is 13.8 Å². The summed E-state index contributed by atoms with van der Waals surface area (Å²) in [6.45, 7) is 6.82. The van der Waals surface area contributed by atoms with Crippen LogP contribution in [-0.4, -0.2) is 13.2 Å². The molecule has 0 amide bonds. The smallest absolute Gasteiger partial charge is 0.0468 e. The Morgan fingerprint density at radius 2 is 1.33 bits per heavy atom. The summed E-state index contributed by atoms with van der Waals surface area (Å²) in [6, 6.07) is 0. The summed E-state index contributed by atoms with van der Waals surface area (Å²) in [7, 11) is 0. The summed E-state index contributed by atoms with van der Waals surface area (Å²) in [6.07, 6.45) is 8.62. The Labute approximate surface area is 94.6 Å². The van der Waals surface area contributed by atoms with Crippen LogP contribution in [0.5, 0.6) is 0 Å². The van der Waals surface area contributed by atoms with Crippen molar-refractivity contribution in [1.82, 2.24) is 0 Å². The summed E-state index contributed by atoms with van der Waals surface area (Å²) in [4.78, 5) is 0. The van der Waals surface area contributed by atoms with Crippen molar-refractivity contribution in [3.05, 3.63) is 0 Å². The maximum Gasteiger partial charge on any atom is 0.0468 e. The first kappa shape index (κ1) is 11.4. The van der Waals surface area contributed by atoms with E-state index in [4.69, 9.17) is 4.74 Å². The molecular formula is C14H26O. The molecule has 0 spiro atoms. The molecule has 1 aliphatic carbocycles. The summed E-state index contributed by atoms with van der Waals surface area (Å²) >= 11 is 0. The second kappa shape index (κ2) is 5.34. The molecule has 1 nitrogen and oxygen atoms in total. The zero-order valence-electron chi connectivity index (χ0n) is 10.4. The summed E-state index contributed by atoms with van der Waals surface area (Å²) in [5.41, 5.74) is 0. The second-order valence-electron chi connectivity index (χ2n) is 5.87. The van der Waals surface area contributed by atoms with Gasteiger partial charge >= 0.3 is 0 Å². The summed E-state index contributed by atoms with van der Waals surface area (Å²) in [5, 5.41) is 0. The van der Waals surface area contributed by atoms with Crippen molar-refractivity contribution in [2.75, 3.05) is 13.2 Å². The monoisotopic (exact) mass is 210 g/mol. The van der Waals surface area contributed by atoms with Gasteiger partial charge < -0.3 is 4.74 Å². The SMILES string of the molecule is CC(C)C1CCC(C2CCOCC2)CC1. The van der Waals surface area contributed by atoms with Crippen LogP contribution >= 0.6 is 0 Å². The largest absolute Gasteiger partial charge is 0.381 e. The van der Waals surface area contributed by atoms with Crippen LogP contribution in [-0.2, 0) is 4.74 Å². The third-order valence-electron chi connectivity index (χ3n) is 4.69. The molecule has 1 heteroatoms. The second-order valence-corrected chi connectivity index (χ2v) is 5.87. The maximum atomic E-state index is 5.45. The van der Waals surface area contributed by atoms with Gasteiger partial charge in [-0.15, -0.1) is 0 Å². The fraction of sp³-hybridized carbons (Fsp3) is 1.00. The van der Waals surface area contributed by atoms with E-state index < -0.39 is 0 Å². The van der Waals surface area contributed by atoms with E-state index in [1.54, 1.807) is 0 Å². The number of hydrogen-bond acceptors (Lipinski definition) is 1. The Morgan fingerprint density at radius 3 is 1.87 bits per heavy atom. The Hall–Kier alpha value is -0.0400. The van der Waals surface area contributed by atoms with Gasteiger partial charge in [-0.25, -0.2) is 0 Å². The Bertz CT molecular complexity index is 174. The lowest BCUT2D eigenvalue weighted by atomic mass is 9.71. The van der Waals surface area contributed by atoms with Crippen molar-refractivity contribution in [3.8, 4) is 0 Å². The molecular weight excluding hydrogens is 184 g/mol. The van der Waals surface area contributed by atoms with Crippen LogP contribution in [0.3, 0.4) is 0 Å². The highest BCUT2D eigenvalue weighted by Gasteiger charge is 2.29. The van der Waals surface area contributed by atoms with Crippen LogP contribution in [0.15, 0.2) is 0 Å². The molecule has 0 radical (unpaired) electrons. The first-order valence-corrected chi connectivity index (χ1v) is 6.85. The van der Waals surface area contributed by atoms with Gasteiger partial charge in [0.15, 0.2) is 0 Å². The van der Waals surface area contributed by atoms with Gasteiger partial charge in [-0.3, -0.25) is 0 Å². The minimum absolute atomic E-state index is 0.903. The van der Waals surface area contributed by atoms with Crippen LogP contribution in [0.25, 0.3) is 0 Å². The molecule has 2 rings (SSSR count). The molecule has 2 fully saturated rings. The van der Waals surface area contributed by atoms with Crippen LogP contribution in [0.2, 0.25) is 0 Å². The van der Waals surface area contributed by atoms with Crippen molar-refractivity contribution < 1.29 is 4.74 Å². The lowest BCUT2D eigenvalue weighted by Crippen LogP contribution is -2.28. The van der Waals surface area contributed by atoms with E-state index in [1.807, 2.05) is 0 Å². The standard InChI is InChI=1S/C14H26O/c1-11(2)12-3-5-13(6-4-12)14-7-9-15-10-8-14/h11-14H,3-10H2,1-2H3. The molecule has 0 aromatic carbocycles. The highest BCUT2D eigenvalue weighted by atomic mass is 16.5. The summed E-state index contributed by atoms with van der Waals surface area (Å²) in [5.74, 6) is 3.94. The van der Waals surface area contributed by atoms with E-state index in [1.165, 1.54) is 38.5 Å². The Morgan fingerprint density at radius 1 is 0.800 bits per heavy atom. The molecule has 1 saturated carbocycles. The lowest BCUT2D eigenvalue weighted by molar-refractivity contribution is 0.0332. The van der Waals surface area contributed by atoms with Gasteiger partial charge in [-0.2, -0.15) is 0 Å². The average Bonchev–Trinajstić information content (AvgIpc) is 2.30. The van der Waals surface area contributed by atoms with E-state index in [0.29, 0.717) is 0 Å². The minimum Gasteiger partial charge on any atom is -0.381 e. The van der Waals surface area contributed by atoms with Crippen molar-refractivity contribution in [1.29, 1.82) is 0 Å². The van der Waals surface area contributed by atoms with Crippen LogP contribution in [0.4, 0.5) is 0 Å². The van der Waals surface area contributed by atoms with Gasteiger partial charge in [-0.05, 0) is 62.2 Å². The highest BCUT2D eigenvalue weighted by Crippen LogP contribution is 2.39. The molecule has 0 unspecified atom stereocenters. The van der Waals surface area contributed by atoms with E-state index in [0.717, 1.165) is 36.9 Å². The topological polar surface area (TPSA) is 9.23 Å². The van der Waals surface area contributed by atoms with Crippen molar-refractivity contribution in [3.63, 3.8) is 0 Å². The molecule has 1 aliphatic heterocycles. The fourth-order valence-electron chi connectivity index (χ4n) is 3.47. The van der Waals surface area contributed by atoms with Crippen molar-refractivity contribution >= 4 is 0 Å². The molecule has 0 aromatic rings. The zero-order valence-corrected chi connectivity index (χ0v) is 10.4. The maximum absolute atomic E-state index is 5.45. The molecule has 0 N–H and O–H groups in total. The lowest BCUT2D eigenvalue weighted by Gasteiger charge is -2.37. The zero-order chi connectivity index (χ0) is 10.7. The molecule has 0 aromatic heterocycles. The third-order valence-corrected chi connectivity index (χ3v) is 4.69. The molecule has 1 saturated heterocycles. The fourth-order valence-corrected chi connectivity index (χ4v) is 3.47. The van der Waals surface area contributed by atoms with Crippen LogP contribution in [0, 0.1) is 23.7 Å². The Balaban J connectivity index is 1.77. The van der Waals surface area contributed by atoms with Gasteiger partial charge in [0.1, 0.15) is 0 Å². The van der Waals surface area contributed by atoms with Gasteiger partial charge in [0.05, 0.1) is 0 Å². The van der Waals surface area contributed by atoms with Gasteiger partial charge in [-0.1, -0.05) is 13.8 Å². The molecule has 88 valence electrons. The Kier molecular flexibility index (Phi) is 4.07. The molecule has 1 heterocycles. The van der Waals surface area contributed by atoms with E-state index in [9.17, 15) is 0 Å². The average molecular weight is 210 g/mol. The quantitative estimate of drug-likeness (QED) is 0.672. The number of rotatable bonds is 2. The predicted molar refractivity (Wildman–Crippen MR) is 63.8 cm³/mol. The van der Waals surface area contributed by atoms with E-state index in [-0.39, 0.29) is 0 Å². The van der Waals surface area contributed by atoms with Gasteiger partial charge in [0, 0.05) is 13.2 Å². The molecule has 15 heavy (non-hydrogen) atoms. The molecule has 0 bridgehead atoms. The predicted octanol–water partition coefficient (Wildman–Crippen LogP) is 3.88. The van der Waals surface area contributed by atoms with Crippen molar-refractivity contribution in [2.45, 2.75) is 52.4 Å². The van der Waals surface area contributed by atoms with Gasteiger partial charge in [0.2, 0.25) is 0 Å². The minimum atomic E-state index is 0.903. The van der Waals surface area contributed by atoms with Crippen LogP contribution in [0.1, 0.15) is 52.4 Å². The number of hydrogen-bond donors (Lipinski definition) is 0.